The Kier molecular flexibility index (Phi) is 6.10. The Morgan fingerprint density at radius 3 is 2.18 bits per heavy atom. The summed E-state index contributed by atoms with van der Waals surface area (Å²) in [6, 6.07) is 5.79. The van der Waals surface area contributed by atoms with E-state index in [1.807, 2.05) is 12.1 Å². The van der Waals surface area contributed by atoms with Crippen LogP contribution in [0.3, 0.4) is 0 Å². The molecule has 0 aliphatic rings. The van der Waals surface area contributed by atoms with Crippen molar-refractivity contribution in [3.8, 4) is 5.75 Å². The van der Waals surface area contributed by atoms with Gasteiger partial charge in [0.2, 0.25) is 0 Å². The van der Waals surface area contributed by atoms with Crippen LogP contribution < -0.4 is 0 Å². The third-order valence-corrected chi connectivity index (χ3v) is 3.51. The molecule has 0 aliphatic carbocycles. The van der Waals surface area contributed by atoms with Gasteiger partial charge in [-0.1, -0.05) is 45.6 Å². The molecule has 1 aromatic rings. The van der Waals surface area contributed by atoms with Crippen LogP contribution in [0.25, 0.3) is 0 Å². The zero-order valence-electron chi connectivity index (χ0n) is 11.5. The van der Waals surface area contributed by atoms with Gasteiger partial charge in [0.15, 0.2) is 0 Å². The SMILES string of the molecule is CCCCC(CCCC)c1cc(O)ccc1C. The Morgan fingerprint density at radius 1 is 1.06 bits per heavy atom. The minimum Gasteiger partial charge on any atom is -0.508 e. The van der Waals surface area contributed by atoms with E-state index < -0.39 is 0 Å². The first-order valence-corrected chi connectivity index (χ1v) is 6.98. The predicted octanol–water partition coefficient (Wildman–Crippen LogP) is 5.16. The minimum absolute atomic E-state index is 0.406. The molecule has 0 atom stereocenters. The van der Waals surface area contributed by atoms with Crippen molar-refractivity contribution in [1.29, 1.82) is 0 Å². The molecule has 0 bridgehead atoms. The lowest BCUT2D eigenvalue weighted by atomic mass is 9.86. The summed E-state index contributed by atoms with van der Waals surface area (Å²) in [5, 5.41) is 9.64. The number of hydrogen-bond donors (Lipinski definition) is 1. The van der Waals surface area contributed by atoms with Crippen molar-refractivity contribution in [2.45, 2.75) is 65.2 Å². The summed E-state index contributed by atoms with van der Waals surface area (Å²) in [7, 11) is 0. The van der Waals surface area contributed by atoms with Gasteiger partial charge in [0, 0.05) is 0 Å². The summed E-state index contributed by atoms with van der Waals surface area (Å²) in [5.41, 5.74) is 2.67. The molecule has 0 aromatic heterocycles. The summed E-state index contributed by atoms with van der Waals surface area (Å²) in [6.07, 6.45) is 7.56. The van der Waals surface area contributed by atoms with E-state index in [1.54, 1.807) is 6.07 Å². The van der Waals surface area contributed by atoms with E-state index in [0.29, 0.717) is 11.7 Å². The lowest BCUT2D eigenvalue weighted by molar-refractivity contribution is 0.469. The maximum absolute atomic E-state index is 9.64. The molecule has 0 amide bonds. The fourth-order valence-electron chi connectivity index (χ4n) is 2.42. The third-order valence-electron chi connectivity index (χ3n) is 3.51. The van der Waals surface area contributed by atoms with E-state index in [0.717, 1.165) is 0 Å². The first kappa shape index (κ1) is 14.1. The van der Waals surface area contributed by atoms with Crippen molar-refractivity contribution in [2.24, 2.45) is 0 Å². The molecule has 17 heavy (non-hydrogen) atoms. The molecule has 1 nitrogen and oxygen atoms in total. The Morgan fingerprint density at radius 2 is 1.65 bits per heavy atom. The van der Waals surface area contributed by atoms with Gasteiger partial charge in [-0.2, -0.15) is 0 Å². The van der Waals surface area contributed by atoms with Crippen LogP contribution in [0.2, 0.25) is 0 Å². The zero-order chi connectivity index (χ0) is 12.7. The number of aromatic hydroxyl groups is 1. The predicted molar refractivity (Wildman–Crippen MR) is 74.6 cm³/mol. The summed E-state index contributed by atoms with van der Waals surface area (Å²) < 4.78 is 0. The number of phenolic OH excluding ortho intramolecular Hbond substituents is 1. The Bertz CT molecular complexity index is 322. The molecule has 0 unspecified atom stereocenters. The lowest BCUT2D eigenvalue weighted by Crippen LogP contribution is -2.01. The number of phenols is 1. The van der Waals surface area contributed by atoms with Crippen LogP contribution in [0.5, 0.6) is 5.75 Å². The average molecular weight is 234 g/mol. The fraction of sp³-hybridized carbons (Fsp3) is 0.625. The van der Waals surface area contributed by atoms with Gasteiger partial charge in [-0.05, 0) is 48.9 Å². The molecule has 1 N–H and O–H groups in total. The molecule has 1 rings (SSSR count). The Labute approximate surface area is 106 Å². The minimum atomic E-state index is 0.406. The van der Waals surface area contributed by atoms with E-state index in [9.17, 15) is 5.11 Å². The van der Waals surface area contributed by atoms with Crippen LogP contribution in [-0.2, 0) is 0 Å². The van der Waals surface area contributed by atoms with Crippen LogP contribution in [0, 0.1) is 6.92 Å². The van der Waals surface area contributed by atoms with Gasteiger partial charge in [-0.25, -0.2) is 0 Å². The van der Waals surface area contributed by atoms with E-state index >= 15 is 0 Å². The van der Waals surface area contributed by atoms with Gasteiger partial charge in [0.05, 0.1) is 0 Å². The van der Waals surface area contributed by atoms with Crippen LogP contribution in [0.1, 0.15) is 69.4 Å². The molecule has 0 spiro atoms. The number of hydrogen-bond acceptors (Lipinski definition) is 1. The first-order chi connectivity index (χ1) is 8.19. The van der Waals surface area contributed by atoms with Gasteiger partial charge in [-0.3, -0.25) is 0 Å². The quantitative estimate of drug-likeness (QED) is 0.690. The highest BCUT2D eigenvalue weighted by molar-refractivity contribution is 5.36. The van der Waals surface area contributed by atoms with E-state index in [4.69, 9.17) is 0 Å². The summed E-state index contributed by atoms with van der Waals surface area (Å²) in [5.74, 6) is 1.03. The van der Waals surface area contributed by atoms with Crippen molar-refractivity contribution in [1.82, 2.24) is 0 Å². The van der Waals surface area contributed by atoms with E-state index in [-0.39, 0.29) is 0 Å². The topological polar surface area (TPSA) is 20.2 Å². The fourth-order valence-corrected chi connectivity index (χ4v) is 2.42. The molecule has 0 saturated carbocycles. The molecule has 1 heteroatoms. The molecule has 0 radical (unpaired) electrons. The molecule has 0 aliphatic heterocycles. The highest BCUT2D eigenvalue weighted by Gasteiger charge is 2.13. The molecular weight excluding hydrogens is 208 g/mol. The van der Waals surface area contributed by atoms with Crippen molar-refractivity contribution < 1.29 is 5.11 Å². The summed E-state index contributed by atoms with van der Waals surface area (Å²) in [4.78, 5) is 0. The van der Waals surface area contributed by atoms with Gasteiger partial charge < -0.3 is 5.11 Å². The lowest BCUT2D eigenvalue weighted by Gasteiger charge is -2.19. The van der Waals surface area contributed by atoms with Crippen LogP contribution in [0.4, 0.5) is 0 Å². The van der Waals surface area contributed by atoms with Crippen molar-refractivity contribution in [3.05, 3.63) is 29.3 Å². The second-order valence-corrected chi connectivity index (χ2v) is 5.02. The highest BCUT2D eigenvalue weighted by atomic mass is 16.3. The van der Waals surface area contributed by atoms with Gasteiger partial charge in [-0.15, -0.1) is 0 Å². The molecule has 1 aromatic carbocycles. The van der Waals surface area contributed by atoms with Crippen molar-refractivity contribution in [2.75, 3.05) is 0 Å². The smallest absolute Gasteiger partial charge is 0.115 e. The molecule has 0 fully saturated rings. The molecule has 96 valence electrons. The van der Waals surface area contributed by atoms with Crippen LogP contribution in [0.15, 0.2) is 18.2 Å². The first-order valence-electron chi connectivity index (χ1n) is 6.98. The second kappa shape index (κ2) is 7.37. The molecule has 0 heterocycles. The molecular formula is C16H26O. The normalized spacial score (nSPS) is 11.1. The van der Waals surface area contributed by atoms with Crippen LogP contribution >= 0.6 is 0 Å². The zero-order valence-corrected chi connectivity index (χ0v) is 11.5. The van der Waals surface area contributed by atoms with Crippen molar-refractivity contribution in [3.63, 3.8) is 0 Å². The third kappa shape index (κ3) is 4.41. The van der Waals surface area contributed by atoms with Gasteiger partial charge >= 0.3 is 0 Å². The Hall–Kier alpha value is -0.980. The monoisotopic (exact) mass is 234 g/mol. The summed E-state index contributed by atoms with van der Waals surface area (Å²) in [6.45, 7) is 6.64. The van der Waals surface area contributed by atoms with Gasteiger partial charge in [0.25, 0.3) is 0 Å². The number of unbranched alkanes of at least 4 members (excludes halogenated alkanes) is 2. The maximum Gasteiger partial charge on any atom is 0.115 e. The van der Waals surface area contributed by atoms with E-state index in [2.05, 4.69) is 20.8 Å². The number of aryl methyl sites for hydroxylation is 1. The summed E-state index contributed by atoms with van der Waals surface area (Å²) >= 11 is 0. The van der Waals surface area contributed by atoms with Crippen LogP contribution in [-0.4, -0.2) is 5.11 Å². The number of benzene rings is 1. The molecule has 0 saturated heterocycles. The largest absolute Gasteiger partial charge is 0.508 e. The highest BCUT2D eigenvalue weighted by Crippen LogP contribution is 2.32. The average Bonchev–Trinajstić information content (AvgIpc) is 2.33. The van der Waals surface area contributed by atoms with Crippen molar-refractivity contribution >= 4 is 0 Å². The van der Waals surface area contributed by atoms with Gasteiger partial charge in [0.1, 0.15) is 5.75 Å². The van der Waals surface area contributed by atoms with E-state index in [1.165, 1.54) is 49.7 Å². The Balaban J connectivity index is 2.82. The number of rotatable bonds is 7. The maximum atomic E-state index is 9.64. The standard InChI is InChI=1S/C16H26O/c1-4-6-8-14(9-7-5-2)16-12-15(17)11-10-13(16)3/h10-12,14,17H,4-9H2,1-3H3. The second-order valence-electron chi connectivity index (χ2n) is 5.02.